The molecule has 21 heavy (non-hydrogen) atoms. The van der Waals surface area contributed by atoms with Gasteiger partial charge in [0.25, 0.3) is 5.69 Å². The van der Waals surface area contributed by atoms with Gasteiger partial charge in [0.15, 0.2) is 0 Å². The first-order valence-electron chi connectivity index (χ1n) is 5.78. The molecule has 2 aromatic rings. The van der Waals surface area contributed by atoms with Gasteiger partial charge in [-0.25, -0.2) is 13.1 Å². The highest BCUT2D eigenvalue weighted by Crippen LogP contribution is 2.24. The number of aromatic nitrogens is 3. The number of hydrogen-bond acceptors (Lipinski definition) is 7. The van der Waals surface area contributed by atoms with Crippen molar-refractivity contribution in [2.75, 3.05) is 12.3 Å². The van der Waals surface area contributed by atoms with Crippen LogP contribution in [0.1, 0.15) is 0 Å². The molecule has 0 fully saturated rings. The minimum Gasteiger partial charge on any atom is -0.393 e. The molecule has 0 amide bonds. The monoisotopic (exact) mass is 312 g/mol. The summed E-state index contributed by atoms with van der Waals surface area (Å²) in [7, 11) is -3.79. The highest BCUT2D eigenvalue weighted by atomic mass is 32.2. The summed E-state index contributed by atoms with van der Waals surface area (Å²) in [6.45, 7) is 0.407. The van der Waals surface area contributed by atoms with E-state index < -0.39 is 14.9 Å². The van der Waals surface area contributed by atoms with E-state index in [-0.39, 0.29) is 22.8 Å². The summed E-state index contributed by atoms with van der Waals surface area (Å²) in [5.74, 6) is 0. The summed E-state index contributed by atoms with van der Waals surface area (Å²) in [6.07, 6.45) is 3.07. The summed E-state index contributed by atoms with van der Waals surface area (Å²) in [5.41, 5.74) is 4.92. The number of nitro benzene ring substituents is 1. The molecule has 0 aliphatic carbocycles. The Labute approximate surface area is 119 Å². The van der Waals surface area contributed by atoms with Crippen LogP contribution in [0.2, 0.25) is 0 Å². The number of nitrogens with one attached hydrogen (secondary N) is 1. The predicted octanol–water partition coefficient (Wildman–Crippen LogP) is -0.253. The lowest BCUT2D eigenvalue weighted by Crippen LogP contribution is -2.27. The molecule has 0 unspecified atom stereocenters. The van der Waals surface area contributed by atoms with Gasteiger partial charge in [-0.05, 0) is 12.1 Å². The van der Waals surface area contributed by atoms with Gasteiger partial charge < -0.3 is 5.73 Å². The van der Waals surface area contributed by atoms with Crippen LogP contribution in [-0.2, 0) is 16.6 Å². The fourth-order valence-corrected chi connectivity index (χ4v) is 2.65. The molecule has 0 saturated heterocycles. The molecule has 0 bridgehead atoms. The third-order valence-corrected chi connectivity index (χ3v) is 4.07. The van der Waals surface area contributed by atoms with E-state index in [0.29, 0.717) is 6.54 Å². The van der Waals surface area contributed by atoms with E-state index in [0.717, 1.165) is 18.2 Å². The molecule has 0 radical (unpaired) electrons. The number of nitrogens with zero attached hydrogens (tertiary/aromatic N) is 4. The maximum atomic E-state index is 12.0. The Morgan fingerprint density at radius 1 is 1.43 bits per heavy atom. The maximum absolute atomic E-state index is 12.0. The van der Waals surface area contributed by atoms with Crippen LogP contribution in [0.15, 0.2) is 35.5 Å². The third-order valence-electron chi connectivity index (χ3n) is 2.61. The number of hydrogen-bond donors (Lipinski definition) is 2. The molecule has 0 aliphatic heterocycles. The van der Waals surface area contributed by atoms with Crippen molar-refractivity contribution in [3.8, 4) is 0 Å². The smallest absolute Gasteiger partial charge is 0.292 e. The first-order valence-corrected chi connectivity index (χ1v) is 7.26. The molecular weight excluding hydrogens is 300 g/mol. The fourth-order valence-electron chi connectivity index (χ4n) is 1.60. The largest absolute Gasteiger partial charge is 0.393 e. The minimum atomic E-state index is -3.79. The fraction of sp³-hybridized carbons (Fsp3) is 0.200. The summed E-state index contributed by atoms with van der Waals surface area (Å²) in [5, 5.41) is 17.9. The van der Waals surface area contributed by atoms with Crippen LogP contribution >= 0.6 is 0 Å². The van der Waals surface area contributed by atoms with Crippen LogP contribution in [0.5, 0.6) is 0 Å². The molecule has 10 nitrogen and oxygen atoms in total. The lowest BCUT2D eigenvalue weighted by Gasteiger charge is -2.07. The highest BCUT2D eigenvalue weighted by Gasteiger charge is 2.18. The zero-order chi connectivity index (χ0) is 15.5. The second-order valence-electron chi connectivity index (χ2n) is 4.04. The Kier molecular flexibility index (Phi) is 4.14. The minimum absolute atomic E-state index is 0.0998. The van der Waals surface area contributed by atoms with Gasteiger partial charge in [0.05, 0.1) is 22.6 Å². The zero-order valence-corrected chi connectivity index (χ0v) is 11.5. The Morgan fingerprint density at radius 2 is 2.19 bits per heavy atom. The van der Waals surface area contributed by atoms with Crippen molar-refractivity contribution in [3.05, 3.63) is 40.7 Å². The molecule has 2 rings (SSSR count). The van der Waals surface area contributed by atoms with Gasteiger partial charge in [-0.3, -0.25) is 14.8 Å². The Bertz CT molecular complexity index is 743. The van der Waals surface area contributed by atoms with E-state index in [2.05, 4.69) is 15.0 Å². The van der Waals surface area contributed by atoms with Crippen molar-refractivity contribution in [1.29, 1.82) is 0 Å². The van der Waals surface area contributed by atoms with E-state index in [4.69, 9.17) is 5.73 Å². The van der Waals surface area contributed by atoms with Crippen LogP contribution in [0.4, 0.5) is 11.4 Å². The van der Waals surface area contributed by atoms with Crippen LogP contribution in [0.25, 0.3) is 0 Å². The van der Waals surface area contributed by atoms with Crippen LogP contribution in [-0.4, -0.2) is 34.9 Å². The summed E-state index contributed by atoms with van der Waals surface area (Å²) in [4.78, 5) is 9.82. The van der Waals surface area contributed by atoms with Gasteiger partial charge in [-0.15, -0.1) is 5.10 Å². The van der Waals surface area contributed by atoms with Gasteiger partial charge in [-0.1, -0.05) is 5.21 Å². The topological polar surface area (TPSA) is 146 Å². The first kappa shape index (κ1) is 14.9. The molecule has 1 aromatic carbocycles. The number of sulfonamides is 1. The molecule has 1 aromatic heterocycles. The highest BCUT2D eigenvalue weighted by molar-refractivity contribution is 7.89. The Morgan fingerprint density at radius 3 is 2.76 bits per heavy atom. The third kappa shape index (κ3) is 3.52. The number of nitrogen functional groups attached to an aromatic ring is 1. The van der Waals surface area contributed by atoms with E-state index in [1.54, 1.807) is 6.20 Å². The van der Waals surface area contributed by atoms with Crippen LogP contribution < -0.4 is 10.5 Å². The number of anilines is 1. The van der Waals surface area contributed by atoms with Crippen molar-refractivity contribution in [2.24, 2.45) is 0 Å². The average Bonchev–Trinajstić information content (AvgIpc) is 2.91. The summed E-state index contributed by atoms with van der Waals surface area (Å²) < 4.78 is 27.8. The van der Waals surface area contributed by atoms with Crippen molar-refractivity contribution in [3.63, 3.8) is 0 Å². The van der Waals surface area contributed by atoms with Crippen LogP contribution in [0.3, 0.4) is 0 Å². The number of rotatable bonds is 6. The van der Waals surface area contributed by atoms with Gasteiger partial charge >= 0.3 is 0 Å². The molecular formula is C10H12N6O4S. The molecule has 1 heterocycles. The zero-order valence-electron chi connectivity index (χ0n) is 10.7. The van der Waals surface area contributed by atoms with Crippen LogP contribution in [0, 0.1) is 10.1 Å². The summed E-state index contributed by atoms with van der Waals surface area (Å²) >= 11 is 0. The van der Waals surface area contributed by atoms with Crippen molar-refractivity contribution < 1.29 is 13.3 Å². The number of benzene rings is 1. The quantitative estimate of drug-likeness (QED) is 0.424. The van der Waals surface area contributed by atoms with E-state index >= 15 is 0 Å². The standard InChI is InChI=1S/C10H12N6O4S/c11-9-7-8(1-2-10(9)16(17)18)21(19,20)13-4-6-15-5-3-12-14-15/h1-3,5,7,13H,4,6,11H2. The van der Waals surface area contributed by atoms with Crippen molar-refractivity contribution in [2.45, 2.75) is 11.4 Å². The maximum Gasteiger partial charge on any atom is 0.292 e. The lowest BCUT2D eigenvalue weighted by molar-refractivity contribution is -0.383. The van der Waals surface area contributed by atoms with Gasteiger partial charge in [-0.2, -0.15) is 0 Å². The first-order chi connectivity index (χ1) is 9.90. The molecule has 0 aliphatic rings. The lowest BCUT2D eigenvalue weighted by atomic mass is 10.3. The van der Waals surface area contributed by atoms with E-state index in [1.165, 1.54) is 10.9 Å². The molecule has 11 heteroatoms. The van der Waals surface area contributed by atoms with Gasteiger partial charge in [0.1, 0.15) is 5.69 Å². The molecule has 3 N–H and O–H groups in total. The SMILES string of the molecule is Nc1cc(S(=O)(=O)NCCn2ccnn2)ccc1[N+](=O)[O-]. The Hall–Kier alpha value is -2.53. The second kappa shape index (κ2) is 5.85. The average molecular weight is 312 g/mol. The van der Waals surface area contributed by atoms with E-state index in [9.17, 15) is 18.5 Å². The second-order valence-corrected chi connectivity index (χ2v) is 5.81. The summed E-state index contributed by atoms with van der Waals surface area (Å²) in [6, 6.07) is 3.24. The van der Waals surface area contributed by atoms with E-state index in [1.807, 2.05) is 0 Å². The van der Waals surface area contributed by atoms with Gasteiger partial charge in [0, 0.05) is 18.8 Å². The Balaban J connectivity index is 2.08. The molecule has 0 atom stereocenters. The molecule has 0 spiro atoms. The predicted molar refractivity (Wildman–Crippen MR) is 72.7 cm³/mol. The molecule has 112 valence electrons. The normalized spacial score (nSPS) is 11.4. The number of nitrogens with two attached hydrogens (primary N) is 1. The van der Waals surface area contributed by atoms with Crippen molar-refractivity contribution >= 4 is 21.4 Å². The number of nitro groups is 1. The van der Waals surface area contributed by atoms with Gasteiger partial charge in [0.2, 0.25) is 10.0 Å². The molecule has 0 saturated carbocycles. The van der Waals surface area contributed by atoms with Crippen molar-refractivity contribution in [1.82, 2.24) is 19.7 Å².